The number of para-hydroxylation sites is 1. The quantitative estimate of drug-likeness (QED) is 0.722. The highest BCUT2D eigenvalue weighted by atomic mass is 16.3. The molecule has 0 unspecified atom stereocenters. The van der Waals surface area contributed by atoms with Crippen LogP contribution in [0.3, 0.4) is 0 Å². The van der Waals surface area contributed by atoms with E-state index in [1.54, 1.807) is 0 Å². The van der Waals surface area contributed by atoms with Gasteiger partial charge in [-0.25, -0.2) is 0 Å². The number of furan rings is 1. The average molecular weight is 336 g/mol. The van der Waals surface area contributed by atoms with E-state index in [-0.39, 0.29) is 5.91 Å². The molecule has 0 spiro atoms. The molecule has 3 aromatic rings. The minimum Gasteiger partial charge on any atom is -0.451 e. The average Bonchev–Trinajstić information content (AvgIpc) is 3.36. The number of fused-ring (bicyclic) bond motifs is 2. The van der Waals surface area contributed by atoms with Gasteiger partial charge in [-0.1, -0.05) is 18.2 Å². The van der Waals surface area contributed by atoms with Crippen molar-refractivity contribution in [2.45, 2.75) is 38.1 Å². The van der Waals surface area contributed by atoms with Gasteiger partial charge < -0.3 is 13.9 Å². The molecular formula is C19H20N4O2. The van der Waals surface area contributed by atoms with Gasteiger partial charge in [0.2, 0.25) is 0 Å². The van der Waals surface area contributed by atoms with E-state index in [4.69, 9.17) is 4.42 Å². The van der Waals surface area contributed by atoms with Crippen LogP contribution >= 0.6 is 0 Å². The fourth-order valence-electron chi connectivity index (χ4n) is 4.06. The summed E-state index contributed by atoms with van der Waals surface area (Å²) in [5.74, 6) is 3.06. The zero-order valence-corrected chi connectivity index (χ0v) is 14.0. The second kappa shape index (κ2) is 5.72. The van der Waals surface area contributed by atoms with E-state index in [2.05, 4.69) is 14.8 Å². The third-order valence-electron chi connectivity index (χ3n) is 5.42. The van der Waals surface area contributed by atoms with Crippen LogP contribution in [0.2, 0.25) is 0 Å². The van der Waals surface area contributed by atoms with Gasteiger partial charge in [-0.15, -0.1) is 10.2 Å². The van der Waals surface area contributed by atoms with Crippen molar-refractivity contribution in [3.8, 4) is 0 Å². The Morgan fingerprint density at radius 3 is 2.80 bits per heavy atom. The van der Waals surface area contributed by atoms with Crippen molar-refractivity contribution in [3.05, 3.63) is 47.7 Å². The molecule has 0 N–H and O–H groups in total. The highest BCUT2D eigenvalue weighted by molar-refractivity contribution is 5.96. The van der Waals surface area contributed by atoms with E-state index in [0.29, 0.717) is 11.7 Å². The maximum absolute atomic E-state index is 12.7. The highest BCUT2D eigenvalue weighted by Crippen LogP contribution is 2.30. The number of rotatable bonds is 2. The summed E-state index contributed by atoms with van der Waals surface area (Å²) in [6, 6.07) is 9.57. The molecule has 6 heteroatoms. The number of piperidine rings is 1. The second-order valence-corrected chi connectivity index (χ2v) is 6.94. The molecular weight excluding hydrogens is 316 g/mol. The molecule has 0 aliphatic carbocycles. The highest BCUT2D eigenvalue weighted by Gasteiger charge is 2.30. The predicted molar refractivity (Wildman–Crippen MR) is 92.4 cm³/mol. The third-order valence-corrected chi connectivity index (χ3v) is 5.42. The van der Waals surface area contributed by atoms with E-state index in [0.717, 1.165) is 61.5 Å². The summed E-state index contributed by atoms with van der Waals surface area (Å²) >= 11 is 0. The van der Waals surface area contributed by atoms with E-state index >= 15 is 0 Å². The zero-order chi connectivity index (χ0) is 16.8. The van der Waals surface area contributed by atoms with E-state index in [1.807, 2.05) is 35.2 Å². The number of aromatic nitrogens is 3. The summed E-state index contributed by atoms with van der Waals surface area (Å²) in [4.78, 5) is 14.6. The number of aryl methyl sites for hydroxylation is 1. The number of hydrogen-bond acceptors (Lipinski definition) is 4. The Labute approximate surface area is 145 Å². The minimum absolute atomic E-state index is 0.0128. The number of carbonyl (C=O) groups is 1. The van der Waals surface area contributed by atoms with Gasteiger partial charge in [0.25, 0.3) is 5.91 Å². The number of nitrogens with zero attached hydrogens (tertiary/aromatic N) is 4. The van der Waals surface area contributed by atoms with Crippen LogP contribution in [0, 0.1) is 0 Å². The molecule has 4 heterocycles. The van der Waals surface area contributed by atoms with Gasteiger partial charge in [0, 0.05) is 37.4 Å². The summed E-state index contributed by atoms with van der Waals surface area (Å²) in [7, 11) is 0. The van der Waals surface area contributed by atoms with Gasteiger partial charge in [0.15, 0.2) is 5.76 Å². The fourth-order valence-corrected chi connectivity index (χ4v) is 4.06. The van der Waals surface area contributed by atoms with Crippen LogP contribution in [0.15, 0.2) is 34.7 Å². The van der Waals surface area contributed by atoms with Crippen LogP contribution < -0.4 is 0 Å². The predicted octanol–water partition coefficient (Wildman–Crippen LogP) is 2.99. The van der Waals surface area contributed by atoms with Gasteiger partial charge in [0.05, 0.1) is 0 Å². The van der Waals surface area contributed by atoms with E-state index < -0.39 is 0 Å². The van der Waals surface area contributed by atoms with Gasteiger partial charge in [-0.2, -0.15) is 0 Å². The molecule has 1 amide bonds. The molecule has 1 fully saturated rings. The van der Waals surface area contributed by atoms with Crippen molar-refractivity contribution in [3.63, 3.8) is 0 Å². The molecule has 25 heavy (non-hydrogen) atoms. The molecule has 5 rings (SSSR count). The van der Waals surface area contributed by atoms with Crippen LogP contribution in [0.1, 0.15) is 47.4 Å². The minimum atomic E-state index is -0.0128. The van der Waals surface area contributed by atoms with Gasteiger partial charge in [-0.3, -0.25) is 4.79 Å². The standard InChI is InChI=1S/C19H20N4O2/c24-19(16-12-14-4-1-2-5-15(14)25-16)22-10-7-13(8-11-22)18-21-20-17-6-3-9-23(17)18/h1-2,4-5,12-13H,3,6-11H2. The van der Waals surface area contributed by atoms with Crippen LogP contribution in [-0.2, 0) is 13.0 Å². The largest absolute Gasteiger partial charge is 0.451 e. The molecule has 6 nitrogen and oxygen atoms in total. The Hall–Kier alpha value is -2.63. The van der Waals surface area contributed by atoms with E-state index in [1.165, 1.54) is 6.42 Å². The van der Waals surface area contributed by atoms with Crippen molar-refractivity contribution in [2.75, 3.05) is 13.1 Å². The molecule has 1 aromatic carbocycles. The first kappa shape index (κ1) is 14.7. The first-order chi connectivity index (χ1) is 12.3. The molecule has 0 atom stereocenters. The molecule has 128 valence electrons. The van der Waals surface area contributed by atoms with Crippen molar-refractivity contribution >= 4 is 16.9 Å². The lowest BCUT2D eigenvalue weighted by Gasteiger charge is -2.31. The molecule has 0 saturated carbocycles. The van der Waals surface area contributed by atoms with Crippen molar-refractivity contribution in [1.82, 2.24) is 19.7 Å². The van der Waals surface area contributed by atoms with Crippen LogP contribution in [0.5, 0.6) is 0 Å². The SMILES string of the molecule is O=C(c1cc2ccccc2o1)N1CCC(c2nnc3n2CCC3)CC1. The first-order valence-electron chi connectivity index (χ1n) is 8.99. The van der Waals surface area contributed by atoms with Crippen LogP contribution in [0.25, 0.3) is 11.0 Å². The third kappa shape index (κ3) is 2.44. The van der Waals surface area contributed by atoms with Gasteiger partial charge in [-0.05, 0) is 31.4 Å². The number of carbonyl (C=O) groups excluding carboxylic acids is 1. The topological polar surface area (TPSA) is 64.2 Å². The lowest BCUT2D eigenvalue weighted by atomic mass is 9.95. The van der Waals surface area contributed by atoms with Gasteiger partial charge in [0.1, 0.15) is 17.2 Å². The maximum atomic E-state index is 12.7. The lowest BCUT2D eigenvalue weighted by Crippen LogP contribution is -2.38. The Morgan fingerprint density at radius 1 is 1.12 bits per heavy atom. The summed E-state index contributed by atoms with van der Waals surface area (Å²) < 4.78 is 8.00. The number of likely N-dealkylation sites (tertiary alicyclic amines) is 1. The Balaban J connectivity index is 1.30. The number of hydrogen-bond donors (Lipinski definition) is 0. The summed E-state index contributed by atoms with van der Waals surface area (Å²) in [6.07, 6.45) is 4.08. The Morgan fingerprint density at radius 2 is 1.96 bits per heavy atom. The van der Waals surface area contributed by atoms with Gasteiger partial charge >= 0.3 is 0 Å². The summed E-state index contributed by atoms with van der Waals surface area (Å²) in [6.45, 7) is 2.52. The van der Waals surface area contributed by atoms with Crippen molar-refractivity contribution < 1.29 is 9.21 Å². The fraction of sp³-hybridized carbons (Fsp3) is 0.421. The Kier molecular flexibility index (Phi) is 3.36. The second-order valence-electron chi connectivity index (χ2n) is 6.94. The first-order valence-corrected chi connectivity index (χ1v) is 8.99. The van der Waals surface area contributed by atoms with Crippen molar-refractivity contribution in [1.29, 1.82) is 0 Å². The van der Waals surface area contributed by atoms with Crippen LogP contribution in [0.4, 0.5) is 0 Å². The Bertz CT molecular complexity index is 901. The molecule has 0 radical (unpaired) electrons. The summed E-state index contributed by atoms with van der Waals surface area (Å²) in [5.41, 5.74) is 0.764. The molecule has 2 aliphatic rings. The maximum Gasteiger partial charge on any atom is 0.289 e. The zero-order valence-electron chi connectivity index (χ0n) is 14.0. The normalized spacial score (nSPS) is 18.0. The van der Waals surface area contributed by atoms with Crippen molar-refractivity contribution in [2.24, 2.45) is 0 Å². The van der Waals surface area contributed by atoms with Crippen LogP contribution in [-0.4, -0.2) is 38.7 Å². The van der Waals surface area contributed by atoms with E-state index in [9.17, 15) is 4.79 Å². The number of amides is 1. The molecule has 0 bridgehead atoms. The molecule has 2 aliphatic heterocycles. The molecule has 1 saturated heterocycles. The number of benzene rings is 1. The molecule has 2 aromatic heterocycles. The lowest BCUT2D eigenvalue weighted by molar-refractivity contribution is 0.0680. The monoisotopic (exact) mass is 336 g/mol. The summed E-state index contributed by atoms with van der Waals surface area (Å²) in [5, 5.41) is 9.70. The smallest absolute Gasteiger partial charge is 0.289 e.